The van der Waals surface area contributed by atoms with Crippen molar-refractivity contribution in [2.24, 2.45) is 0 Å². The number of carbonyl (C=O) groups is 1. The molecule has 0 saturated carbocycles. The van der Waals surface area contributed by atoms with Gasteiger partial charge in [-0.25, -0.2) is 4.98 Å². The average Bonchev–Trinajstić information content (AvgIpc) is 3.07. The zero-order valence-electron chi connectivity index (χ0n) is 15.6. The van der Waals surface area contributed by atoms with Crippen LogP contribution >= 0.6 is 11.3 Å². The van der Waals surface area contributed by atoms with Crippen LogP contribution in [0, 0.1) is 6.92 Å². The van der Waals surface area contributed by atoms with E-state index in [1.807, 2.05) is 37.3 Å². The van der Waals surface area contributed by atoms with Crippen LogP contribution in [0.5, 0.6) is 0 Å². The largest absolute Gasteiger partial charge is 0.321 e. The van der Waals surface area contributed by atoms with E-state index in [9.17, 15) is 4.79 Å². The van der Waals surface area contributed by atoms with Gasteiger partial charge in [0.2, 0.25) is 0 Å². The minimum atomic E-state index is 0.105. The summed E-state index contributed by atoms with van der Waals surface area (Å²) in [6.07, 6.45) is 0. The van der Waals surface area contributed by atoms with Crippen molar-refractivity contribution in [1.29, 1.82) is 0 Å². The summed E-state index contributed by atoms with van der Waals surface area (Å²) in [5, 5.41) is 4.26. The zero-order valence-corrected chi connectivity index (χ0v) is 16.4. The van der Waals surface area contributed by atoms with E-state index in [2.05, 4.69) is 23.5 Å². The van der Waals surface area contributed by atoms with E-state index in [0.717, 1.165) is 49.5 Å². The van der Waals surface area contributed by atoms with Crippen molar-refractivity contribution >= 4 is 33.1 Å². The maximum Gasteiger partial charge on any atom is 0.279 e. The molecule has 0 unspecified atom stereocenters. The average molecular weight is 383 g/mol. The predicted octanol–water partition coefficient (Wildman–Crippen LogP) is 0.527. The Hall–Kier alpha value is -2.28. The van der Waals surface area contributed by atoms with Crippen molar-refractivity contribution in [3.8, 4) is 0 Å². The van der Waals surface area contributed by atoms with Crippen LogP contribution < -0.4 is 15.1 Å². The number of para-hydroxylation sites is 2. The smallest absolute Gasteiger partial charge is 0.279 e. The molecule has 1 amide bonds. The van der Waals surface area contributed by atoms with Crippen LogP contribution in [0.3, 0.4) is 0 Å². The third kappa shape index (κ3) is 4.53. The number of piperazine rings is 1. The Labute approximate surface area is 163 Å². The van der Waals surface area contributed by atoms with Gasteiger partial charge in [-0.15, -0.1) is 11.3 Å². The van der Waals surface area contributed by atoms with Gasteiger partial charge in [0.25, 0.3) is 5.91 Å². The number of amides is 1. The Kier molecular flexibility index (Phi) is 5.48. The Morgan fingerprint density at radius 1 is 1.04 bits per heavy atom. The van der Waals surface area contributed by atoms with Gasteiger partial charge in [-0.3, -0.25) is 4.79 Å². The van der Waals surface area contributed by atoms with Crippen LogP contribution in [-0.2, 0) is 11.3 Å². The van der Waals surface area contributed by atoms with E-state index < -0.39 is 0 Å². The van der Waals surface area contributed by atoms with E-state index >= 15 is 0 Å². The lowest BCUT2D eigenvalue weighted by Gasteiger charge is -2.28. The highest BCUT2D eigenvalue weighted by Gasteiger charge is 2.25. The predicted molar refractivity (Wildman–Crippen MR) is 109 cm³/mol. The summed E-state index contributed by atoms with van der Waals surface area (Å²) in [5.41, 5.74) is 3.13. The van der Waals surface area contributed by atoms with Gasteiger partial charge in [0.15, 0.2) is 6.54 Å². The number of benzene rings is 2. The van der Waals surface area contributed by atoms with Crippen LogP contribution in [0.25, 0.3) is 10.2 Å². The number of aryl methyl sites for hydroxylation is 1. The van der Waals surface area contributed by atoms with Crippen LogP contribution in [0.15, 0.2) is 48.5 Å². The molecular formula is C21H26N4OS+2. The van der Waals surface area contributed by atoms with Crippen LogP contribution in [0.2, 0.25) is 0 Å². The highest BCUT2D eigenvalue weighted by Crippen LogP contribution is 2.20. The summed E-state index contributed by atoms with van der Waals surface area (Å²) < 4.78 is 1.27. The van der Waals surface area contributed by atoms with E-state index in [4.69, 9.17) is 4.98 Å². The number of anilines is 1. The van der Waals surface area contributed by atoms with Gasteiger partial charge in [-0.1, -0.05) is 30.3 Å². The third-order valence-electron chi connectivity index (χ3n) is 5.23. The molecule has 27 heavy (non-hydrogen) atoms. The standard InChI is InChI=1S/C21H24N4OS/c1-16-6-2-3-7-17(16)22-20(26)14-24-10-12-25(13-11-24)15-21-23-18-8-4-5-9-19(18)27-21/h2-9H,10-15H2,1H3,(H,22,26)/p+2. The van der Waals surface area contributed by atoms with Crippen LogP contribution in [0.1, 0.15) is 10.6 Å². The highest BCUT2D eigenvalue weighted by atomic mass is 32.1. The number of carbonyl (C=O) groups excluding carboxylic acids is 1. The van der Waals surface area contributed by atoms with Gasteiger partial charge < -0.3 is 15.1 Å². The first-order valence-corrected chi connectivity index (χ1v) is 10.4. The van der Waals surface area contributed by atoms with E-state index in [0.29, 0.717) is 6.54 Å². The molecule has 0 spiro atoms. The number of aromatic nitrogens is 1. The number of quaternary nitrogens is 2. The molecule has 1 aromatic heterocycles. The Balaban J connectivity index is 1.26. The monoisotopic (exact) mass is 382 g/mol. The maximum absolute atomic E-state index is 12.4. The molecule has 1 saturated heterocycles. The van der Waals surface area contributed by atoms with Crippen molar-refractivity contribution in [2.75, 3.05) is 38.0 Å². The van der Waals surface area contributed by atoms with Gasteiger partial charge in [0.1, 0.15) is 37.7 Å². The van der Waals surface area contributed by atoms with Gasteiger partial charge in [0.05, 0.1) is 10.2 Å². The van der Waals surface area contributed by atoms with Crippen LogP contribution in [-0.4, -0.2) is 43.6 Å². The summed E-state index contributed by atoms with van der Waals surface area (Å²) in [4.78, 5) is 20.1. The van der Waals surface area contributed by atoms with Crippen molar-refractivity contribution in [3.63, 3.8) is 0 Å². The number of hydrogen-bond acceptors (Lipinski definition) is 3. The first-order valence-electron chi connectivity index (χ1n) is 9.54. The number of nitrogens with zero attached hydrogens (tertiary/aromatic N) is 1. The summed E-state index contributed by atoms with van der Waals surface area (Å²) >= 11 is 1.80. The number of nitrogens with one attached hydrogen (secondary N) is 3. The van der Waals surface area contributed by atoms with Crippen molar-refractivity contribution in [2.45, 2.75) is 13.5 Å². The molecule has 2 heterocycles. The maximum atomic E-state index is 12.4. The molecule has 0 radical (unpaired) electrons. The normalized spacial score (nSPS) is 19.9. The number of hydrogen-bond donors (Lipinski definition) is 3. The lowest BCUT2D eigenvalue weighted by Crippen LogP contribution is -3.28. The summed E-state index contributed by atoms with van der Waals surface area (Å²) in [7, 11) is 0. The van der Waals surface area contributed by atoms with E-state index in [1.54, 1.807) is 16.2 Å². The quantitative estimate of drug-likeness (QED) is 0.603. The summed E-state index contributed by atoms with van der Waals surface area (Å²) in [6, 6.07) is 16.3. The van der Waals surface area contributed by atoms with Gasteiger partial charge >= 0.3 is 0 Å². The third-order valence-corrected chi connectivity index (χ3v) is 6.27. The fourth-order valence-electron chi connectivity index (χ4n) is 3.65. The molecule has 1 aliphatic heterocycles. The highest BCUT2D eigenvalue weighted by molar-refractivity contribution is 7.18. The Bertz CT molecular complexity index is 898. The summed E-state index contributed by atoms with van der Waals surface area (Å²) in [5.74, 6) is 0.105. The molecule has 1 fully saturated rings. The van der Waals surface area contributed by atoms with Crippen LogP contribution in [0.4, 0.5) is 5.69 Å². The fourth-order valence-corrected chi connectivity index (χ4v) is 4.69. The fraction of sp³-hybridized carbons (Fsp3) is 0.333. The number of fused-ring (bicyclic) bond motifs is 1. The minimum absolute atomic E-state index is 0.105. The molecule has 0 aliphatic carbocycles. The van der Waals surface area contributed by atoms with Crippen molar-refractivity contribution in [1.82, 2.24) is 4.98 Å². The lowest BCUT2D eigenvalue weighted by molar-refractivity contribution is -1.01. The van der Waals surface area contributed by atoms with Crippen molar-refractivity contribution < 1.29 is 14.6 Å². The molecule has 4 rings (SSSR count). The second kappa shape index (κ2) is 8.17. The first-order chi connectivity index (χ1) is 13.2. The summed E-state index contributed by atoms with van der Waals surface area (Å²) in [6.45, 7) is 7.78. The SMILES string of the molecule is Cc1ccccc1NC(=O)C[NH+]1CC[NH+](Cc2nc3ccccc3s2)CC1. The molecule has 6 heteroatoms. The first kappa shape index (κ1) is 18.1. The molecule has 140 valence electrons. The van der Waals surface area contributed by atoms with Gasteiger partial charge in [-0.2, -0.15) is 0 Å². The molecule has 0 bridgehead atoms. The van der Waals surface area contributed by atoms with Crippen molar-refractivity contribution in [3.05, 3.63) is 59.1 Å². The molecule has 5 nitrogen and oxygen atoms in total. The molecule has 3 N–H and O–H groups in total. The zero-order chi connectivity index (χ0) is 18.6. The number of rotatable bonds is 5. The van der Waals surface area contributed by atoms with E-state index in [1.165, 1.54) is 14.6 Å². The lowest BCUT2D eigenvalue weighted by atomic mass is 10.2. The molecule has 2 aromatic carbocycles. The Morgan fingerprint density at radius 3 is 2.52 bits per heavy atom. The Morgan fingerprint density at radius 2 is 1.74 bits per heavy atom. The molecular weight excluding hydrogens is 356 g/mol. The van der Waals surface area contributed by atoms with Gasteiger partial charge in [-0.05, 0) is 30.7 Å². The topological polar surface area (TPSA) is 50.9 Å². The molecule has 3 aromatic rings. The second-order valence-electron chi connectivity index (χ2n) is 7.29. The number of thiazole rings is 1. The second-order valence-corrected chi connectivity index (χ2v) is 8.41. The molecule has 0 atom stereocenters. The van der Waals surface area contributed by atoms with E-state index in [-0.39, 0.29) is 5.91 Å². The van der Waals surface area contributed by atoms with Gasteiger partial charge in [0, 0.05) is 5.69 Å². The molecule has 1 aliphatic rings. The minimum Gasteiger partial charge on any atom is -0.321 e.